The third-order valence-corrected chi connectivity index (χ3v) is 4.97. The summed E-state index contributed by atoms with van der Waals surface area (Å²) in [6, 6.07) is 17.1. The Morgan fingerprint density at radius 2 is 1.71 bits per heavy atom. The van der Waals surface area contributed by atoms with Crippen molar-refractivity contribution in [2.45, 2.75) is 25.9 Å². The molecule has 1 heterocycles. The van der Waals surface area contributed by atoms with Crippen LogP contribution in [0.5, 0.6) is 0 Å². The Kier molecular flexibility index (Phi) is 7.15. The van der Waals surface area contributed by atoms with E-state index in [1.54, 1.807) is 26.1 Å². The second-order valence-corrected chi connectivity index (χ2v) is 7.19. The zero-order valence-electron chi connectivity index (χ0n) is 17.6. The Hall–Kier alpha value is -3.51. The fraction of sp³-hybridized carbons (Fsp3) is 0.240. The number of Topliss-reactive ketones (excluding diaryl/α,β-unsaturated/α-hetero) is 1. The van der Waals surface area contributed by atoms with Gasteiger partial charge in [0.05, 0.1) is 18.4 Å². The molecule has 0 bridgehead atoms. The minimum Gasteiger partial charge on any atom is -0.466 e. The zero-order chi connectivity index (χ0) is 22.4. The number of nitrogens with zero attached hydrogens (tertiary/aromatic N) is 1. The maximum absolute atomic E-state index is 12.9. The summed E-state index contributed by atoms with van der Waals surface area (Å²) in [6.45, 7) is 1.87. The molecule has 160 valence electrons. The van der Waals surface area contributed by atoms with E-state index < -0.39 is 17.9 Å². The maximum atomic E-state index is 12.9. The summed E-state index contributed by atoms with van der Waals surface area (Å²) >= 11 is 0. The van der Waals surface area contributed by atoms with Crippen LogP contribution in [-0.4, -0.2) is 34.1 Å². The average Bonchev–Trinajstić information content (AvgIpc) is 2.75. The third-order valence-electron chi connectivity index (χ3n) is 4.97. The van der Waals surface area contributed by atoms with Gasteiger partial charge in [-0.25, -0.2) is 0 Å². The second-order valence-electron chi connectivity index (χ2n) is 7.19. The molecule has 3 rings (SSSR count). The molecule has 6 nitrogen and oxygen atoms in total. The molecule has 0 aliphatic heterocycles. The van der Waals surface area contributed by atoms with Crippen LogP contribution in [-0.2, 0) is 21.4 Å². The van der Waals surface area contributed by atoms with Crippen molar-refractivity contribution in [3.63, 3.8) is 0 Å². The smallest absolute Gasteiger partial charge is 0.313 e. The third kappa shape index (κ3) is 5.16. The number of aromatic nitrogens is 1. The van der Waals surface area contributed by atoms with E-state index >= 15 is 0 Å². The normalized spacial score (nSPS) is 12.2. The molecule has 3 aromatic rings. The van der Waals surface area contributed by atoms with E-state index in [2.05, 4.69) is 0 Å². The van der Waals surface area contributed by atoms with E-state index in [1.807, 2.05) is 48.5 Å². The maximum Gasteiger partial charge on any atom is 0.313 e. The highest BCUT2D eigenvalue weighted by Gasteiger charge is 2.16. The summed E-state index contributed by atoms with van der Waals surface area (Å²) in [5.41, 5.74) is 2.26. The summed E-state index contributed by atoms with van der Waals surface area (Å²) in [4.78, 5) is 36.3. The molecule has 1 atom stereocenters. The van der Waals surface area contributed by atoms with E-state index in [-0.39, 0.29) is 25.0 Å². The molecular weight excluding hydrogens is 394 g/mol. The van der Waals surface area contributed by atoms with Gasteiger partial charge in [-0.05, 0) is 30.0 Å². The van der Waals surface area contributed by atoms with Gasteiger partial charge < -0.3 is 14.4 Å². The fourth-order valence-corrected chi connectivity index (χ4v) is 3.54. The van der Waals surface area contributed by atoms with Crippen molar-refractivity contribution >= 4 is 28.6 Å². The minimum absolute atomic E-state index is 0.150. The van der Waals surface area contributed by atoms with Gasteiger partial charge in [0, 0.05) is 24.4 Å². The lowest BCUT2D eigenvalue weighted by Crippen LogP contribution is -2.20. The van der Waals surface area contributed by atoms with Gasteiger partial charge in [-0.3, -0.25) is 14.4 Å². The lowest BCUT2D eigenvalue weighted by molar-refractivity contribution is -0.145. The van der Waals surface area contributed by atoms with Gasteiger partial charge >= 0.3 is 5.97 Å². The van der Waals surface area contributed by atoms with Gasteiger partial charge in [0.25, 0.3) is 5.56 Å². The number of fused-ring (bicyclic) bond motifs is 1. The number of carbonyl (C=O) groups is 2. The molecule has 0 spiro atoms. The number of rotatable bonds is 8. The zero-order valence-corrected chi connectivity index (χ0v) is 17.6. The molecule has 0 fully saturated rings. The molecule has 0 aliphatic rings. The summed E-state index contributed by atoms with van der Waals surface area (Å²) in [5.74, 6) is -1.02. The monoisotopic (exact) mass is 419 g/mol. The number of aliphatic hydroxyl groups excluding tert-OH is 1. The van der Waals surface area contributed by atoms with Crippen LogP contribution >= 0.6 is 0 Å². The number of hydrogen-bond donors (Lipinski definition) is 1. The van der Waals surface area contributed by atoms with Crippen molar-refractivity contribution in [1.82, 2.24) is 4.57 Å². The quantitative estimate of drug-likeness (QED) is 0.446. The van der Waals surface area contributed by atoms with Crippen LogP contribution in [0.3, 0.4) is 0 Å². The first-order valence-corrected chi connectivity index (χ1v) is 10.1. The lowest BCUT2D eigenvalue weighted by Gasteiger charge is -2.15. The average molecular weight is 419 g/mol. The molecule has 0 amide bonds. The molecule has 0 saturated carbocycles. The number of benzene rings is 2. The molecule has 0 radical (unpaired) electrons. The van der Waals surface area contributed by atoms with E-state index in [9.17, 15) is 19.5 Å². The number of ketones is 1. The summed E-state index contributed by atoms with van der Waals surface area (Å²) in [7, 11) is 1.68. The summed E-state index contributed by atoms with van der Waals surface area (Å²) < 4.78 is 6.30. The van der Waals surface area contributed by atoms with Crippen LogP contribution in [0.2, 0.25) is 0 Å². The first kappa shape index (κ1) is 22.2. The number of hydrogen-bond acceptors (Lipinski definition) is 5. The van der Waals surface area contributed by atoms with Crippen molar-refractivity contribution in [3.05, 3.63) is 76.7 Å². The van der Waals surface area contributed by atoms with Crippen LogP contribution in [0.4, 0.5) is 0 Å². The van der Waals surface area contributed by atoms with Crippen molar-refractivity contribution < 1.29 is 19.4 Å². The molecule has 0 saturated heterocycles. The standard InChI is InChI=1S/C25H25NO5/c1-3-31-23(29)16-19(28)15-18(27)13-14-22-24(17-9-5-4-6-10-17)20-11-7-8-12-21(20)25(30)26(22)2/h4-14,18,27H,3,15-16H2,1-2H3. The van der Waals surface area contributed by atoms with Gasteiger partial charge in [0.1, 0.15) is 12.2 Å². The first-order valence-electron chi connectivity index (χ1n) is 10.1. The van der Waals surface area contributed by atoms with Crippen LogP contribution in [0.25, 0.3) is 28.0 Å². The van der Waals surface area contributed by atoms with E-state index in [4.69, 9.17) is 4.74 Å². The highest BCUT2D eigenvalue weighted by atomic mass is 16.5. The molecule has 31 heavy (non-hydrogen) atoms. The molecule has 0 aliphatic carbocycles. The number of carbonyl (C=O) groups excluding carboxylic acids is 2. The SMILES string of the molecule is CCOC(=O)CC(=O)CC(O)C=Cc1c(-c2ccccc2)c2ccccc2c(=O)n1C. The van der Waals surface area contributed by atoms with Gasteiger partial charge in [-0.1, -0.05) is 54.6 Å². The molecular formula is C25H25NO5. The molecule has 1 unspecified atom stereocenters. The van der Waals surface area contributed by atoms with Crippen molar-refractivity contribution in [1.29, 1.82) is 0 Å². The predicted octanol–water partition coefficient (Wildman–Crippen LogP) is 3.49. The first-order chi connectivity index (χ1) is 14.9. The molecule has 2 aromatic carbocycles. The Balaban J connectivity index is 1.98. The Bertz CT molecular complexity index is 1180. The Morgan fingerprint density at radius 3 is 2.39 bits per heavy atom. The van der Waals surface area contributed by atoms with Crippen molar-refractivity contribution in [2.24, 2.45) is 7.05 Å². The summed E-state index contributed by atoms with van der Waals surface area (Å²) in [5, 5.41) is 11.7. The van der Waals surface area contributed by atoms with Crippen molar-refractivity contribution in [2.75, 3.05) is 6.61 Å². The number of esters is 1. The van der Waals surface area contributed by atoms with Crippen LogP contribution in [0.1, 0.15) is 25.5 Å². The van der Waals surface area contributed by atoms with Gasteiger partial charge in [-0.15, -0.1) is 0 Å². The second kappa shape index (κ2) is 10.00. The molecule has 1 N–H and O–H groups in total. The minimum atomic E-state index is -1.09. The summed E-state index contributed by atoms with van der Waals surface area (Å²) in [6.07, 6.45) is 1.45. The topological polar surface area (TPSA) is 85.6 Å². The van der Waals surface area contributed by atoms with Gasteiger partial charge in [-0.2, -0.15) is 0 Å². The van der Waals surface area contributed by atoms with Gasteiger partial charge in [0.15, 0.2) is 0 Å². The fourth-order valence-electron chi connectivity index (χ4n) is 3.54. The Morgan fingerprint density at radius 1 is 1.06 bits per heavy atom. The molecule has 1 aromatic heterocycles. The number of pyridine rings is 1. The van der Waals surface area contributed by atoms with Gasteiger partial charge in [0.2, 0.25) is 0 Å². The van der Waals surface area contributed by atoms with Crippen LogP contribution in [0, 0.1) is 0 Å². The largest absolute Gasteiger partial charge is 0.466 e. The predicted molar refractivity (Wildman–Crippen MR) is 121 cm³/mol. The number of ether oxygens (including phenoxy) is 1. The molecule has 6 heteroatoms. The highest BCUT2D eigenvalue weighted by Crippen LogP contribution is 2.31. The Labute approximate surface area is 180 Å². The van der Waals surface area contributed by atoms with E-state index in [0.717, 1.165) is 16.5 Å². The van der Waals surface area contributed by atoms with E-state index in [1.165, 1.54) is 10.6 Å². The van der Waals surface area contributed by atoms with E-state index in [0.29, 0.717) is 11.1 Å². The van der Waals surface area contributed by atoms with Crippen LogP contribution < -0.4 is 5.56 Å². The highest BCUT2D eigenvalue weighted by molar-refractivity contribution is 5.99. The lowest BCUT2D eigenvalue weighted by atomic mass is 9.96. The van der Waals surface area contributed by atoms with Crippen LogP contribution in [0.15, 0.2) is 65.5 Å². The number of aliphatic hydroxyl groups is 1. The van der Waals surface area contributed by atoms with Crippen molar-refractivity contribution in [3.8, 4) is 11.1 Å².